The van der Waals surface area contributed by atoms with Crippen molar-refractivity contribution >= 4 is 5.91 Å². The van der Waals surface area contributed by atoms with Gasteiger partial charge >= 0.3 is 0 Å². The molecule has 0 radical (unpaired) electrons. The molecule has 1 amide bonds. The summed E-state index contributed by atoms with van der Waals surface area (Å²) >= 11 is 0. The Morgan fingerprint density at radius 2 is 2.14 bits per heavy atom. The summed E-state index contributed by atoms with van der Waals surface area (Å²) < 4.78 is 0. The van der Waals surface area contributed by atoms with E-state index in [2.05, 4.69) is 16.7 Å². The Morgan fingerprint density at radius 3 is 2.91 bits per heavy atom. The van der Waals surface area contributed by atoms with Crippen LogP contribution in [0.1, 0.15) is 54.4 Å². The van der Waals surface area contributed by atoms with Gasteiger partial charge in [0.15, 0.2) is 0 Å². The molecule has 2 fully saturated rings. The minimum atomic E-state index is -0.355. The van der Waals surface area contributed by atoms with Crippen molar-refractivity contribution in [3.05, 3.63) is 35.4 Å². The Balaban J connectivity index is 1.58. The van der Waals surface area contributed by atoms with Crippen LogP contribution in [0.15, 0.2) is 24.3 Å². The molecule has 3 rings (SSSR count). The molecule has 1 aromatic carbocycles. The lowest BCUT2D eigenvalue weighted by Crippen LogP contribution is -2.46. The van der Waals surface area contributed by atoms with Gasteiger partial charge in [0, 0.05) is 24.2 Å². The van der Waals surface area contributed by atoms with Crippen LogP contribution in [0.3, 0.4) is 0 Å². The second-order valence-electron chi connectivity index (χ2n) is 6.70. The van der Waals surface area contributed by atoms with E-state index in [-0.39, 0.29) is 5.91 Å². The first kappa shape index (κ1) is 15.5. The van der Waals surface area contributed by atoms with Crippen molar-refractivity contribution in [2.24, 2.45) is 11.7 Å². The number of nitrogens with one attached hydrogen (secondary N) is 2. The van der Waals surface area contributed by atoms with E-state index < -0.39 is 0 Å². The van der Waals surface area contributed by atoms with Gasteiger partial charge in [-0.2, -0.15) is 0 Å². The van der Waals surface area contributed by atoms with Crippen LogP contribution in [0.2, 0.25) is 0 Å². The fraction of sp³-hybridized carbons (Fsp3) is 0.611. The Hall–Kier alpha value is -1.39. The van der Waals surface area contributed by atoms with Crippen molar-refractivity contribution in [1.29, 1.82) is 0 Å². The number of nitrogens with two attached hydrogens (primary N) is 1. The maximum absolute atomic E-state index is 11.3. The highest BCUT2D eigenvalue weighted by Crippen LogP contribution is 2.31. The predicted molar refractivity (Wildman–Crippen MR) is 88.6 cm³/mol. The number of amides is 1. The molecule has 3 atom stereocenters. The Bertz CT molecular complexity index is 511. The number of carbonyl (C=O) groups excluding carboxylic acids is 1. The van der Waals surface area contributed by atoms with Gasteiger partial charge in [0.25, 0.3) is 0 Å². The third-order valence-electron chi connectivity index (χ3n) is 5.21. The van der Waals surface area contributed by atoms with Gasteiger partial charge in [0.05, 0.1) is 0 Å². The zero-order valence-electron chi connectivity index (χ0n) is 13.2. The van der Waals surface area contributed by atoms with Crippen molar-refractivity contribution in [1.82, 2.24) is 10.6 Å². The summed E-state index contributed by atoms with van der Waals surface area (Å²) in [6, 6.07) is 8.92. The Kier molecular flexibility index (Phi) is 5.11. The second kappa shape index (κ2) is 7.25. The molecule has 0 aromatic heterocycles. The van der Waals surface area contributed by atoms with Gasteiger partial charge < -0.3 is 16.4 Å². The zero-order chi connectivity index (χ0) is 15.4. The van der Waals surface area contributed by atoms with E-state index in [1.165, 1.54) is 45.1 Å². The van der Waals surface area contributed by atoms with Gasteiger partial charge in [-0.05, 0) is 55.8 Å². The minimum absolute atomic E-state index is 0.355. The third kappa shape index (κ3) is 3.68. The monoisotopic (exact) mass is 301 g/mol. The third-order valence-corrected chi connectivity index (χ3v) is 5.21. The number of rotatable bonds is 5. The van der Waals surface area contributed by atoms with Gasteiger partial charge in [0.2, 0.25) is 5.91 Å². The fourth-order valence-electron chi connectivity index (χ4n) is 4.05. The molecule has 3 unspecified atom stereocenters. The van der Waals surface area contributed by atoms with Crippen LogP contribution >= 0.6 is 0 Å². The van der Waals surface area contributed by atoms with Gasteiger partial charge in [-0.25, -0.2) is 0 Å². The summed E-state index contributed by atoms with van der Waals surface area (Å²) in [7, 11) is 0. The van der Waals surface area contributed by atoms with Crippen LogP contribution < -0.4 is 16.4 Å². The lowest BCUT2D eigenvalue weighted by atomic mass is 9.88. The number of piperidine rings is 1. The lowest BCUT2D eigenvalue weighted by molar-refractivity contribution is 0.1000. The minimum Gasteiger partial charge on any atom is -0.366 e. The van der Waals surface area contributed by atoms with Crippen molar-refractivity contribution in [3.8, 4) is 0 Å². The van der Waals surface area contributed by atoms with E-state index in [1.807, 2.05) is 12.1 Å². The van der Waals surface area contributed by atoms with Gasteiger partial charge in [-0.1, -0.05) is 25.0 Å². The molecule has 1 aromatic rings. The highest BCUT2D eigenvalue weighted by atomic mass is 16.1. The Morgan fingerprint density at radius 1 is 1.23 bits per heavy atom. The zero-order valence-corrected chi connectivity index (χ0v) is 13.2. The van der Waals surface area contributed by atoms with Crippen LogP contribution in [0.5, 0.6) is 0 Å². The quantitative estimate of drug-likeness (QED) is 0.781. The molecular weight excluding hydrogens is 274 g/mol. The average Bonchev–Trinajstić information content (AvgIpc) is 3.02. The van der Waals surface area contributed by atoms with E-state index in [1.54, 1.807) is 6.07 Å². The summed E-state index contributed by atoms with van der Waals surface area (Å²) in [6.45, 7) is 1.99. The topological polar surface area (TPSA) is 67.2 Å². The molecule has 1 saturated carbocycles. The maximum atomic E-state index is 11.3. The van der Waals surface area contributed by atoms with Crippen LogP contribution in [-0.2, 0) is 6.54 Å². The summed E-state index contributed by atoms with van der Waals surface area (Å²) in [5.41, 5.74) is 7.08. The largest absolute Gasteiger partial charge is 0.366 e. The van der Waals surface area contributed by atoms with E-state index >= 15 is 0 Å². The standard InChI is InChI=1S/C18H27N3O/c19-18(22)14-6-3-5-13(11-14)12-21-17-9-4-7-15(17)16-8-1-2-10-20-16/h3,5-6,11,15-17,20-21H,1-2,4,7-10,12H2,(H2,19,22). The first-order chi connectivity index (χ1) is 10.7. The fourth-order valence-corrected chi connectivity index (χ4v) is 4.05. The molecule has 1 aliphatic heterocycles. The van der Waals surface area contributed by atoms with Crippen molar-refractivity contribution in [3.63, 3.8) is 0 Å². The highest BCUT2D eigenvalue weighted by Gasteiger charge is 2.33. The Labute approximate surface area is 132 Å². The normalized spacial score (nSPS) is 28.6. The SMILES string of the molecule is NC(=O)c1cccc(CNC2CCCC2C2CCCCN2)c1. The van der Waals surface area contributed by atoms with Crippen molar-refractivity contribution in [2.45, 2.75) is 57.2 Å². The second-order valence-corrected chi connectivity index (χ2v) is 6.70. The lowest BCUT2D eigenvalue weighted by Gasteiger charge is -2.33. The predicted octanol–water partition coefficient (Wildman–Crippen LogP) is 2.19. The molecule has 4 heteroatoms. The highest BCUT2D eigenvalue weighted by molar-refractivity contribution is 5.92. The number of hydrogen-bond acceptors (Lipinski definition) is 3. The summed E-state index contributed by atoms with van der Waals surface area (Å²) in [6.07, 6.45) is 7.92. The van der Waals surface area contributed by atoms with Gasteiger partial charge in [0.1, 0.15) is 0 Å². The molecule has 1 heterocycles. The number of carbonyl (C=O) groups is 1. The maximum Gasteiger partial charge on any atom is 0.248 e. The van der Waals surface area contributed by atoms with Crippen LogP contribution in [0.4, 0.5) is 0 Å². The molecule has 120 valence electrons. The molecule has 2 aliphatic rings. The van der Waals surface area contributed by atoms with Gasteiger partial charge in [-0.15, -0.1) is 0 Å². The average molecular weight is 301 g/mol. The van der Waals surface area contributed by atoms with E-state index in [9.17, 15) is 4.79 Å². The number of primary amides is 1. The van der Waals surface area contributed by atoms with Crippen molar-refractivity contribution < 1.29 is 4.79 Å². The first-order valence-electron chi connectivity index (χ1n) is 8.59. The molecular formula is C18H27N3O. The number of benzene rings is 1. The molecule has 1 saturated heterocycles. The van der Waals surface area contributed by atoms with Crippen molar-refractivity contribution in [2.75, 3.05) is 6.54 Å². The molecule has 4 nitrogen and oxygen atoms in total. The summed E-state index contributed by atoms with van der Waals surface area (Å²) in [4.78, 5) is 11.3. The van der Waals surface area contributed by atoms with E-state index in [0.29, 0.717) is 17.6 Å². The van der Waals surface area contributed by atoms with E-state index in [0.717, 1.165) is 18.0 Å². The summed E-state index contributed by atoms with van der Waals surface area (Å²) in [5, 5.41) is 7.43. The molecule has 0 spiro atoms. The molecule has 0 bridgehead atoms. The molecule has 4 N–H and O–H groups in total. The smallest absolute Gasteiger partial charge is 0.248 e. The molecule has 22 heavy (non-hydrogen) atoms. The number of hydrogen-bond donors (Lipinski definition) is 3. The molecule has 1 aliphatic carbocycles. The van der Waals surface area contributed by atoms with Crippen LogP contribution in [0.25, 0.3) is 0 Å². The van der Waals surface area contributed by atoms with Crippen LogP contribution in [-0.4, -0.2) is 24.5 Å². The summed E-state index contributed by atoms with van der Waals surface area (Å²) in [5.74, 6) is 0.395. The van der Waals surface area contributed by atoms with Crippen LogP contribution in [0, 0.1) is 5.92 Å². The van der Waals surface area contributed by atoms with E-state index in [4.69, 9.17) is 5.73 Å². The van der Waals surface area contributed by atoms with Gasteiger partial charge in [-0.3, -0.25) is 4.79 Å². The first-order valence-corrected chi connectivity index (χ1v) is 8.59.